The number of likely N-dealkylation sites (tertiary alicyclic amines) is 1. The quantitative estimate of drug-likeness (QED) is 0.791. The molecular weight excluding hydrogens is 188 g/mol. The average molecular weight is 208 g/mol. The number of hydrogen-bond acceptors (Lipinski definition) is 3. The van der Waals surface area contributed by atoms with Crippen molar-refractivity contribution in [2.45, 2.75) is 25.9 Å². The highest BCUT2D eigenvalue weighted by molar-refractivity contribution is 4.99. The lowest BCUT2D eigenvalue weighted by Crippen LogP contribution is -2.28. The van der Waals surface area contributed by atoms with Gasteiger partial charge in [0.1, 0.15) is 0 Å². The second-order valence-corrected chi connectivity index (χ2v) is 4.61. The number of hydrogen-bond donors (Lipinski definition) is 1. The fourth-order valence-corrected chi connectivity index (χ4v) is 2.35. The molecule has 84 valence electrons. The Morgan fingerprint density at radius 1 is 1.60 bits per heavy atom. The molecular formula is C11H20N4. The summed E-state index contributed by atoms with van der Waals surface area (Å²) in [5.41, 5.74) is 6.99. The number of aryl methyl sites for hydroxylation is 1. The predicted octanol–water partition coefficient (Wildman–Crippen LogP) is 0.589. The first-order chi connectivity index (χ1) is 7.20. The molecule has 4 nitrogen and oxygen atoms in total. The Hall–Kier alpha value is -0.870. The molecule has 0 aromatic carbocycles. The third-order valence-corrected chi connectivity index (χ3v) is 3.41. The van der Waals surface area contributed by atoms with E-state index in [9.17, 15) is 0 Å². The van der Waals surface area contributed by atoms with Crippen LogP contribution in [0.4, 0.5) is 0 Å². The van der Waals surface area contributed by atoms with Crippen molar-refractivity contribution in [2.75, 3.05) is 13.1 Å². The SMILES string of the molecule is CC1CC(CN)CN1Cc1cncn1C. The normalized spacial score (nSPS) is 27.4. The average Bonchev–Trinajstić information content (AvgIpc) is 2.76. The molecule has 1 aliphatic heterocycles. The summed E-state index contributed by atoms with van der Waals surface area (Å²) in [6.07, 6.45) is 5.04. The van der Waals surface area contributed by atoms with E-state index in [1.807, 2.05) is 19.6 Å². The Bertz CT molecular complexity index is 320. The largest absolute Gasteiger partial charge is 0.337 e. The summed E-state index contributed by atoms with van der Waals surface area (Å²) >= 11 is 0. The van der Waals surface area contributed by atoms with Gasteiger partial charge in [-0.2, -0.15) is 0 Å². The van der Waals surface area contributed by atoms with Crippen LogP contribution < -0.4 is 5.73 Å². The summed E-state index contributed by atoms with van der Waals surface area (Å²) < 4.78 is 2.09. The van der Waals surface area contributed by atoms with Crippen LogP contribution in [0.5, 0.6) is 0 Å². The molecule has 0 bridgehead atoms. The van der Waals surface area contributed by atoms with Gasteiger partial charge >= 0.3 is 0 Å². The molecule has 1 aromatic heterocycles. The van der Waals surface area contributed by atoms with Crippen LogP contribution in [-0.2, 0) is 13.6 Å². The first-order valence-corrected chi connectivity index (χ1v) is 5.60. The Balaban J connectivity index is 1.98. The van der Waals surface area contributed by atoms with Crippen LogP contribution in [0.15, 0.2) is 12.5 Å². The fourth-order valence-electron chi connectivity index (χ4n) is 2.35. The molecule has 2 unspecified atom stereocenters. The lowest BCUT2D eigenvalue weighted by Gasteiger charge is -2.20. The van der Waals surface area contributed by atoms with Gasteiger partial charge in [0.2, 0.25) is 0 Å². The molecule has 1 aromatic rings. The predicted molar refractivity (Wildman–Crippen MR) is 60.2 cm³/mol. The molecule has 2 atom stereocenters. The van der Waals surface area contributed by atoms with E-state index < -0.39 is 0 Å². The zero-order valence-electron chi connectivity index (χ0n) is 9.56. The maximum Gasteiger partial charge on any atom is 0.0945 e. The van der Waals surface area contributed by atoms with E-state index in [0.29, 0.717) is 12.0 Å². The Morgan fingerprint density at radius 3 is 2.93 bits per heavy atom. The van der Waals surface area contributed by atoms with Gasteiger partial charge < -0.3 is 10.3 Å². The van der Waals surface area contributed by atoms with Gasteiger partial charge in [-0.15, -0.1) is 0 Å². The lowest BCUT2D eigenvalue weighted by molar-refractivity contribution is 0.250. The smallest absolute Gasteiger partial charge is 0.0945 e. The van der Waals surface area contributed by atoms with Gasteiger partial charge in [0.15, 0.2) is 0 Å². The monoisotopic (exact) mass is 208 g/mol. The van der Waals surface area contributed by atoms with Crippen molar-refractivity contribution in [2.24, 2.45) is 18.7 Å². The van der Waals surface area contributed by atoms with Crippen molar-refractivity contribution in [1.29, 1.82) is 0 Å². The van der Waals surface area contributed by atoms with Gasteiger partial charge in [0.25, 0.3) is 0 Å². The number of nitrogens with zero attached hydrogens (tertiary/aromatic N) is 3. The second-order valence-electron chi connectivity index (χ2n) is 4.61. The summed E-state index contributed by atoms with van der Waals surface area (Å²) in [7, 11) is 2.05. The van der Waals surface area contributed by atoms with Crippen LogP contribution in [0.25, 0.3) is 0 Å². The maximum absolute atomic E-state index is 5.72. The summed E-state index contributed by atoms with van der Waals surface area (Å²) in [5.74, 6) is 0.674. The molecule has 4 heteroatoms. The zero-order valence-corrected chi connectivity index (χ0v) is 9.56. The van der Waals surface area contributed by atoms with E-state index in [0.717, 1.165) is 19.6 Å². The van der Waals surface area contributed by atoms with Crippen molar-refractivity contribution in [3.63, 3.8) is 0 Å². The lowest BCUT2D eigenvalue weighted by atomic mass is 10.1. The minimum absolute atomic E-state index is 0.647. The third kappa shape index (κ3) is 2.21. The Morgan fingerprint density at radius 2 is 2.40 bits per heavy atom. The van der Waals surface area contributed by atoms with Gasteiger partial charge in [0.05, 0.1) is 12.0 Å². The van der Waals surface area contributed by atoms with Crippen LogP contribution >= 0.6 is 0 Å². The Labute approximate surface area is 91.1 Å². The molecule has 0 aliphatic carbocycles. The maximum atomic E-state index is 5.72. The van der Waals surface area contributed by atoms with Crippen molar-refractivity contribution >= 4 is 0 Å². The van der Waals surface area contributed by atoms with E-state index in [2.05, 4.69) is 21.4 Å². The first kappa shape index (κ1) is 10.6. The minimum Gasteiger partial charge on any atom is -0.337 e. The fraction of sp³-hybridized carbons (Fsp3) is 0.727. The minimum atomic E-state index is 0.647. The topological polar surface area (TPSA) is 47.1 Å². The van der Waals surface area contributed by atoms with Crippen LogP contribution in [0.3, 0.4) is 0 Å². The first-order valence-electron chi connectivity index (χ1n) is 5.60. The van der Waals surface area contributed by atoms with Crippen LogP contribution in [0.2, 0.25) is 0 Å². The molecule has 0 saturated carbocycles. The molecule has 0 amide bonds. The molecule has 2 N–H and O–H groups in total. The van der Waals surface area contributed by atoms with Crippen molar-refractivity contribution < 1.29 is 0 Å². The molecule has 2 rings (SSSR count). The van der Waals surface area contributed by atoms with Gasteiger partial charge in [-0.05, 0) is 25.8 Å². The van der Waals surface area contributed by atoms with Crippen LogP contribution in [0, 0.1) is 5.92 Å². The molecule has 1 fully saturated rings. The number of aromatic nitrogens is 2. The van der Waals surface area contributed by atoms with E-state index in [1.165, 1.54) is 12.1 Å². The van der Waals surface area contributed by atoms with Crippen molar-refractivity contribution in [3.05, 3.63) is 18.2 Å². The molecule has 0 radical (unpaired) electrons. The van der Waals surface area contributed by atoms with E-state index in [-0.39, 0.29) is 0 Å². The van der Waals surface area contributed by atoms with Crippen molar-refractivity contribution in [3.8, 4) is 0 Å². The van der Waals surface area contributed by atoms with Crippen LogP contribution in [0.1, 0.15) is 19.0 Å². The molecule has 15 heavy (non-hydrogen) atoms. The Kier molecular flexibility index (Phi) is 3.07. The van der Waals surface area contributed by atoms with Crippen LogP contribution in [-0.4, -0.2) is 33.6 Å². The standard InChI is InChI=1S/C11H20N4/c1-9-3-10(4-12)6-15(9)7-11-5-13-8-14(11)2/h5,8-10H,3-4,6-7,12H2,1-2H3. The summed E-state index contributed by atoms with van der Waals surface area (Å²) in [4.78, 5) is 6.63. The molecule has 1 saturated heterocycles. The van der Waals surface area contributed by atoms with Crippen molar-refractivity contribution in [1.82, 2.24) is 14.5 Å². The van der Waals surface area contributed by atoms with Gasteiger partial charge in [-0.3, -0.25) is 4.90 Å². The van der Waals surface area contributed by atoms with Gasteiger partial charge in [-0.1, -0.05) is 0 Å². The molecule has 1 aliphatic rings. The highest BCUT2D eigenvalue weighted by atomic mass is 15.2. The van der Waals surface area contributed by atoms with E-state index in [4.69, 9.17) is 5.73 Å². The summed E-state index contributed by atoms with van der Waals surface area (Å²) in [5, 5.41) is 0. The highest BCUT2D eigenvalue weighted by Gasteiger charge is 2.28. The highest BCUT2D eigenvalue weighted by Crippen LogP contribution is 2.23. The number of imidazole rings is 1. The molecule has 2 heterocycles. The van der Waals surface area contributed by atoms with Gasteiger partial charge in [0, 0.05) is 32.4 Å². The number of nitrogens with two attached hydrogens (primary N) is 1. The summed E-state index contributed by atoms with van der Waals surface area (Å²) in [6, 6.07) is 0.647. The van der Waals surface area contributed by atoms with Gasteiger partial charge in [-0.25, -0.2) is 4.98 Å². The van der Waals surface area contributed by atoms with E-state index >= 15 is 0 Å². The van der Waals surface area contributed by atoms with E-state index in [1.54, 1.807) is 0 Å². The zero-order chi connectivity index (χ0) is 10.8. The summed E-state index contributed by atoms with van der Waals surface area (Å²) in [6.45, 7) is 5.22. The third-order valence-electron chi connectivity index (χ3n) is 3.41. The number of rotatable bonds is 3. The molecule has 0 spiro atoms. The second kappa shape index (κ2) is 4.33.